The van der Waals surface area contributed by atoms with Gasteiger partial charge in [0, 0.05) is 27.9 Å². The van der Waals surface area contributed by atoms with Crippen molar-refractivity contribution in [2.24, 2.45) is 0 Å². The predicted molar refractivity (Wildman–Crippen MR) is 134 cm³/mol. The smallest absolute Gasteiger partial charge is 0.227 e. The first-order valence-electron chi connectivity index (χ1n) is 11.2. The standard InChI is InChI=1S/C25H25BrN4O2S/c1-2-14-33-25-28-24-27-20-4-3-5-21(31)22(20)23(30(24)29-25)17-8-12-19(13-9-17)32-15-16-6-10-18(26)11-7-16/h6-13,23H,2-5,14-15H2,1H3,(H,27,28,29). The van der Waals surface area contributed by atoms with E-state index >= 15 is 0 Å². The molecule has 8 heteroatoms. The largest absolute Gasteiger partial charge is 0.489 e. The van der Waals surface area contributed by atoms with Gasteiger partial charge in [0.1, 0.15) is 18.4 Å². The monoisotopic (exact) mass is 524 g/mol. The van der Waals surface area contributed by atoms with Crippen LogP contribution in [0.25, 0.3) is 0 Å². The minimum Gasteiger partial charge on any atom is -0.489 e. The predicted octanol–water partition coefficient (Wildman–Crippen LogP) is 6.14. The fraction of sp³-hybridized carbons (Fsp3) is 0.320. The molecule has 0 amide bonds. The molecular formula is C25H25BrN4O2S. The minimum absolute atomic E-state index is 0.188. The highest BCUT2D eigenvalue weighted by molar-refractivity contribution is 9.10. The lowest BCUT2D eigenvalue weighted by molar-refractivity contribution is -0.116. The molecule has 2 aromatic carbocycles. The summed E-state index contributed by atoms with van der Waals surface area (Å²) in [5.74, 6) is 2.65. The second-order valence-corrected chi connectivity index (χ2v) is 10.2. The van der Waals surface area contributed by atoms with Crippen molar-refractivity contribution in [1.29, 1.82) is 0 Å². The summed E-state index contributed by atoms with van der Waals surface area (Å²) >= 11 is 5.10. The topological polar surface area (TPSA) is 69.0 Å². The summed E-state index contributed by atoms with van der Waals surface area (Å²) in [5, 5.41) is 8.89. The molecule has 0 fully saturated rings. The Hall–Kier alpha value is -2.58. The molecule has 1 N–H and O–H groups in total. The lowest BCUT2D eigenvalue weighted by atomic mass is 9.85. The third-order valence-electron chi connectivity index (χ3n) is 5.80. The van der Waals surface area contributed by atoms with Gasteiger partial charge in [-0.1, -0.05) is 58.9 Å². The molecule has 2 heterocycles. The summed E-state index contributed by atoms with van der Waals surface area (Å²) in [6.07, 6.45) is 3.36. The number of hydrogen-bond acceptors (Lipinski definition) is 6. The number of ketones is 1. The number of ether oxygens (including phenoxy) is 1. The molecule has 2 aliphatic rings. The molecule has 5 rings (SSSR count). The van der Waals surface area contributed by atoms with Crippen molar-refractivity contribution in [3.63, 3.8) is 0 Å². The van der Waals surface area contributed by atoms with Gasteiger partial charge >= 0.3 is 0 Å². The van der Waals surface area contributed by atoms with Crippen molar-refractivity contribution in [2.75, 3.05) is 11.1 Å². The maximum atomic E-state index is 13.0. The van der Waals surface area contributed by atoms with Crippen molar-refractivity contribution >= 4 is 39.4 Å². The molecule has 0 saturated carbocycles. The first-order chi connectivity index (χ1) is 16.1. The molecule has 3 aromatic rings. The van der Waals surface area contributed by atoms with Gasteiger partial charge in [-0.3, -0.25) is 4.79 Å². The Morgan fingerprint density at radius 2 is 1.94 bits per heavy atom. The summed E-state index contributed by atoms with van der Waals surface area (Å²) in [4.78, 5) is 17.7. The van der Waals surface area contributed by atoms with Crippen LogP contribution in [0.5, 0.6) is 5.75 Å². The number of carbonyl (C=O) groups excluding carboxylic acids is 1. The molecule has 1 aliphatic carbocycles. The number of aromatic nitrogens is 3. The average Bonchev–Trinajstić information content (AvgIpc) is 3.24. The number of benzene rings is 2. The molecule has 170 valence electrons. The highest BCUT2D eigenvalue weighted by atomic mass is 79.9. The number of halogens is 1. The SMILES string of the molecule is CCCSc1nc2n(n1)C(c1ccc(OCc3ccc(Br)cc3)cc1)C1=C(CCCC1=O)N2. The van der Waals surface area contributed by atoms with Gasteiger partial charge in [0.2, 0.25) is 11.1 Å². The van der Waals surface area contributed by atoms with E-state index in [4.69, 9.17) is 14.8 Å². The zero-order chi connectivity index (χ0) is 22.8. The van der Waals surface area contributed by atoms with E-state index in [1.807, 2.05) is 53.2 Å². The first-order valence-corrected chi connectivity index (χ1v) is 13.0. The summed E-state index contributed by atoms with van der Waals surface area (Å²) in [6, 6.07) is 15.8. The summed E-state index contributed by atoms with van der Waals surface area (Å²) in [7, 11) is 0. The minimum atomic E-state index is -0.270. The zero-order valence-electron chi connectivity index (χ0n) is 18.4. The molecule has 0 bridgehead atoms. The Bertz CT molecular complexity index is 1190. The van der Waals surface area contributed by atoms with Gasteiger partial charge < -0.3 is 10.1 Å². The molecule has 6 nitrogen and oxygen atoms in total. The Morgan fingerprint density at radius 3 is 2.70 bits per heavy atom. The van der Waals surface area contributed by atoms with Crippen LogP contribution >= 0.6 is 27.7 Å². The van der Waals surface area contributed by atoms with Crippen LogP contribution in [0.4, 0.5) is 5.95 Å². The third kappa shape index (κ3) is 4.73. The third-order valence-corrected chi connectivity index (χ3v) is 7.37. The second kappa shape index (κ2) is 9.73. The molecule has 0 spiro atoms. The molecule has 1 aliphatic heterocycles. The number of nitrogens with one attached hydrogen (secondary N) is 1. The van der Waals surface area contributed by atoms with Crippen LogP contribution in [0, 0.1) is 0 Å². The number of fused-ring (bicyclic) bond motifs is 1. The Balaban J connectivity index is 1.42. The van der Waals surface area contributed by atoms with Gasteiger partial charge in [0.25, 0.3) is 0 Å². The summed E-state index contributed by atoms with van der Waals surface area (Å²) in [5.41, 5.74) is 3.91. The van der Waals surface area contributed by atoms with Gasteiger partial charge in [0.05, 0.1) is 0 Å². The number of thioether (sulfide) groups is 1. The van der Waals surface area contributed by atoms with E-state index in [0.717, 1.165) is 62.8 Å². The van der Waals surface area contributed by atoms with Crippen molar-refractivity contribution in [3.8, 4) is 5.75 Å². The maximum Gasteiger partial charge on any atom is 0.227 e. The highest BCUT2D eigenvalue weighted by Gasteiger charge is 2.36. The Labute approximate surface area is 206 Å². The van der Waals surface area contributed by atoms with E-state index in [1.165, 1.54) is 0 Å². The van der Waals surface area contributed by atoms with Crippen LogP contribution in [-0.2, 0) is 11.4 Å². The van der Waals surface area contributed by atoms with Crippen molar-refractivity contribution in [3.05, 3.63) is 75.4 Å². The molecular weight excluding hydrogens is 500 g/mol. The van der Waals surface area contributed by atoms with Crippen molar-refractivity contribution in [2.45, 2.75) is 50.4 Å². The molecule has 1 atom stereocenters. The fourth-order valence-electron chi connectivity index (χ4n) is 4.19. The summed E-state index contributed by atoms with van der Waals surface area (Å²) < 4.78 is 8.90. The van der Waals surface area contributed by atoms with Crippen LogP contribution in [0.15, 0.2) is 69.4 Å². The van der Waals surface area contributed by atoms with Gasteiger partial charge in [-0.25, -0.2) is 4.68 Å². The van der Waals surface area contributed by atoms with Crippen LogP contribution in [0.3, 0.4) is 0 Å². The maximum absolute atomic E-state index is 13.0. The molecule has 1 aromatic heterocycles. The highest BCUT2D eigenvalue weighted by Crippen LogP contribution is 2.40. The van der Waals surface area contributed by atoms with Crippen LogP contribution < -0.4 is 10.1 Å². The molecule has 33 heavy (non-hydrogen) atoms. The molecule has 0 saturated heterocycles. The van der Waals surface area contributed by atoms with E-state index in [1.54, 1.807) is 11.8 Å². The fourth-order valence-corrected chi connectivity index (χ4v) is 5.14. The van der Waals surface area contributed by atoms with Gasteiger partial charge in [-0.2, -0.15) is 4.98 Å². The number of allylic oxidation sites excluding steroid dienone is 2. The normalized spacial score (nSPS) is 17.4. The lowest BCUT2D eigenvalue weighted by Crippen LogP contribution is -2.31. The van der Waals surface area contributed by atoms with Gasteiger partial charge in [0.15, 0.2) is 5.78 Å². The number of hydrogen-bond donors (Lipinski definition) is 1. The van der Waals surface area contributed by atoms with Crippen LogP contribution in [-0.4, -0.2) is 26.3 Å². The lowest BCUT2D eigenvalue weighted by Gasteiger charge is -2.32. The number of nitrogens with zero attached hydrogens (tertiary/aromatic N) is 3. The zero-order valence-corrected chi connectivity index (χ0v) is 20.8. The van der Waals surface area contributed by atoms with E-state index < -0.39 is 0 Å². The number of rotatable bonds is 7. The van der Waals surface area contributed by atoms with E-state index in [-0.39, 0.29) is 11.8 Å². The van der Waals surface area contributed by atoms with Gasteiger partial charge in [-0.15, -0.1) is 5.10 Å². The first kappa shape index (κ1) is 22.2. The van der Waals surface area contributed by atoms with E-state index in [2.05, 4.69) is 28.2 Å². The number of carbonyl (C=O) groups is 1. The van der Waals surface area contributed by atoms with Crippen LogP contribution in [0.1, 0.15) is 49.8 Å². The number of Topliss-reactive ketones (excluding diaryl/α,β-unsaturated/α-hetero) is 1. The Kier molecular flexibility index (Phi) is 6.55. The quantitative estimate of drug-likeness (QED) is 0.374. The summed E-state index contributed by atoms with van der Waals surface area (Å²) in [6.45, 7) is 2.64. The molecule has 0 radical (unpaired) electrons. The average molecular weight is 525 g/mol. The Morgan fingerprint density at radius 1 is 1.15 bits per heavy atom. The van der Waals surface area contributed by atoms with E-state index in [9.17, 15) is 4.79 Å². The van der Waals surface area contributed by atoms with Crippen LogP contribution in [0.2, 0.25) is 0 Å². The van der Waals surface area contributed by atoms with Crippen molar-refractivity contribution < 1.29 is 9.53 Å². The van der Waals surface area contributed by atoms with Crippen molar-refractivity contribution in [1.82, 2.24) is 14.8 Å². The van der Waals surface area contributed by atoms with E-state index in [0.29, 0.717) is 19.0 Å². The second-order valence-electron chi connectivity index (χ2n) is 8.19. The number of anilines is 1. The molecule has 1 unspecified atom stereocenters. The van der Waals surface area contributed by atoms with Gasteiger partial charge in [-0.05, 0) is 54.7 Å².